The number of fused-ring (bicyclic) bond motifs is 1. The van der Waals surface area contributed by atoms with Crippen molar-refractivity contribution in [3.8, 4) is 0 Å². The molecule has 1 aromatic heterocycles. The molecule has 0 saturated heterocycles. The number of aromatic nitrogens is 1. The predicted molar refractivity (Wildman–Crippen MR) is 86.3 cm³/mol. The number of nitrogens with one attached hydrogen (secondary N) is 1. The summed E-state index contributed by atoms with van der Waals surface area (Å²) in [4.78, 5) is 16.5. The van der Waals surface area contributed by atoms with Crippen molar-refractivity contribution in [2.75, 3.05) is 11.9 Å². The molecule has 2 aromatic rings. The molecular weight excluding hydrogens is 316 g/mol. The summed E-state index contributed by atoms with van der Waals surface area (Å²) in [7, 11) is 0. The summed E-state index contributed by atoms with van der Waals surface area (Å²) in [6, 6.07) is 9.75. The summed E-state index contributed by atoms with van der Waals surface area (Å²) in [5.74, 6) is 0.420. The van der Waals surface area contributed by atoms with Crippen LogP contribution in [0.4, 0.5) is 0 Å². The summed E-state index contributed by atoms with van der Waals surface area (Å²) in [5.41, 5.74) is 0.511. The number of rotatable bonds is 6. The fraction of sp³-hybridized carbons (Fsp3) is 0.375. The molecule has 3 nitrogen and oxygen atoms in total. The summed E-state index contributed by atoms with van der Waals surface area (Å²) in [5, 5.41) is 5.92. The van der Waals surface area contributed by atoms with Crippen molar-refractivity contribution in [2.24, 2.45) is 5.92 Å². The van der Waals surface area contributed by atoms with E-state index in [0.29, 0.717) is 18.2 Å². The third kappa shape index (κ3) is 3.57. The molecule has 1 atom stereocenters. The van der Waals surface area contributed by atoms with Gasteiger partial charge in [0.15, 0.2) is 0 Å². The van der Waals surface area contributed by atoms with Gasteiger partial charge < -0.3 is 5.32 Å². The normalized spacial score (nSPS) is 12.3. The van der Waals surface area contributed by atoms with Crippen molar-refractivity contribution in [2.45, 2.75) is 19.8 Å². The Morgan fingerprint density at radius 1 is 1.35 bits per heavy atom. The number of alkyl halides is 1. The Balaban J connectivity index is 2.11. The molecule has 1 aromatic carbocycles. The zero-order valence-corrected chi connectivity index (χ0v) is 13.2. The van der Waals surface area contributed by atoms with E-state index >= 15 is 0 Å². The molecule has 0 spiro atoms. The van der Waals surface area contributed by atoms with Gasteiger partial charge in [-0.1, -0.05) is 53.5 Å². The first-order valence-corrected chi connectivity index (χ1v) is 8.06. The monoisotopic (exact) mass is 334 g/mol. The standard InChI is InChI=1S/C16H19BrN2O/c1-2-12(7-9-17)11-19-16(20)15-14-6-4-3-5-13(14)8-10-18-15/h3-6,8,10,12H,2,7,9,11H2,1H3,(H,19,20). The second-order valence-electron chi connectivity index (χ2n) is 4.84. The van der Waals surface area contributed by atoms with Crippen LogP contribution in [0.15, 0.2) is 36.5 Å². The van der Waals surface area contributed by atoms with Gasteiger partial charge >= 0.3 is 0 Å². The van der Waals surface area contributed by atoms with Crippen LogP contribution >= 0.6 is 15.9 Å². The molecule has 20 heavy (non-hydrogen) atoms. The molecule has 0 bridgehead atoms. The number of hydrogen-bond acceptors (Lipinski definition) is 2. The van der Waals surface area contributed by atoms with Crippen LogP contribution in [0.5, 0.6) is 0 Å². The lowest BCUT2D eigenvalue weighted by molar-refractivity contribution is 0.0943. The Hall–Kier alpha value is -1.42. The van der Waals surface area contributed by atoms with Crippen LogP contribution in [0.1, 0.15) is 30.3 Å². The van der Waals surface area contributed by atoms with Crippen LogP contribution in [0, 0.1) is 5.92 Å². The number of carbonyl (C=O) groups excluding carboxylic acids is 1. The van der Waals surface area contributed by atoms with E-state index in [1.54, 1.807) is 6.20 Å². The van der Waals surface area contributed by atoms with Crippen LogP contribution in [0.25, 0.3) is 10.8 Å². The van der Waals surface area contributed by atoms with Gasteiger partial charge in [-0.2, -0.15) is 0 Å². The molecule has 1 N–H and O–H groups in total. The van der Waals surface area contributed by atoms with Gasteiger partial charge in [-0.15, -0.1) is 0 Å². The molecule has 106 valence electrons. The molecule has 0 saturated carbocycles. The molecular formula is C16H19BrN2O. The lowest BCUT2D eigenvalue weighted by atomic mass is 10.0. The highest BCUT2D eigenvalue weighted by Gasteiger charge is 2.13. The lowest BCUT2D eigenvalue weighted by Crippen LogP contribution is -2.30. The molecule has 0 aliphatic rings. The molecule has 1 amide bonds. The van der Waals surface area contributed by atoms with E-state index in [4.69, 9.17) is 0 Å². The SMILES string of the molecule is CCC(CCBr)CNC(=O)c1nccc2ccccc12. The summed E-state index contributed by atoms with van der Waals surface area (Å²) < 4.78 is 0. The van der Waals surface area contributed by atoms with E-state index in [1.165, 1.54) is 0 Å². The largest absolute Gasteiger partial charge is 0.350 e. The van der Waals surface area contributed by atoms with E-state index in [1.807, 2.05) is 30.3 Å². The first-order chi connectivity index (χ1) is 9.76. The van der Waals surface area contributed by atoms with Gasteiger partial charge in [0, 0.05) is 23.5 Å². The lowest BCUT2D eigenvalue weighted by Gasteiger charge is -2.14. The van der Waals surface area contributed by atoms with Gasteiger partial charge in [-0.3, -0.25) is 9.78 Å². The molecule has 0 fully saturated rings. The molecule has 2 rings (SSSR count). The van der Waals surface area contributed by atoms with Crippen molar-refractivity contribution < 1.29 is 4.79 Å². The van der Waals surface area contributed by atoms with Gasteiger partial charge in [-0.05, 0) is 23.8 Å². The topological polar surface area (TPSA) is 42.0 Å². The summed E-state index contributed by atoms with van der Waals surface area (Å²) in [6.07, 6.45) is 3.82. The number of amides is 1. The maximum Gasteiger partial charge on any atom is 0.270 e. The van der Waals surface area contributed by atoms with Gasteiger partial charge in [-0.25, -0.2) is 0 Å². The smallest absolute Gasteiger partial charge is 0.270 e. The fourth-order valence-corrected chi connectivity index (χ4v) is 2.87. The van der Waals surface area contributed by atoms with Gasteiger partial charge in [0.05, 0.1) is 0 Å². The fourth-order valence-electron chi connectivity index (χ4n) is 2.23. The van der Waals surface area contributed by atoms with Crippen molar-refractivity contribution in [1.29, 1.82) is 0 Å². The molecule has 1 heterocycles. The first-order valence-electron chi connectivity index (χ1n) is 6.94. The third-order valence-corrected chi connectivity index (χ3v) is 3.99. The number of halogens is 1. The highest BCUT2D eigenvalue weighted by atomic mass is 79.9. The predicted octanol–water partition coefficient (Wildman–Crippen LogP) is 3.78. The molecule has 4 heteroatoms. The van der Waals surface area contributed by atoms with Crippen molar-refractivity contribution >= 4 is 32.6 Å². The molecule has 1 unspecified atom stereocenters. The maximum absolute atomic E-state index is 12.3. The molecule has 0 radical (unpaired) electrons. The zero-order chi connectivity index (χ0) is 14.4. The third-order valence-electron chi connectivity index (χ3n) is 3.53. The summed E-state index contributed by atoms with van der Waals surface area (Å²) >= 11 is 3.45. The van der Waals surface area contributed by atoms with Crippen LogP contribution in [-0.2, 0) is 0 Å². The van der Waals surface area contributed by atoms with E-state index < -0.39 is 0 Å². The minimum atomic E-state index is -0.0881. The Kier molecular flexibility index (Phi) is 5.53. The zero-order valence-electron chi connectivity index (χ0n) is 11.6. The van der Waals surface area contributed by atoms with E-state index in [-0.39, 0.29) is 5.91 Å². The van der Waals surface area contributed by atoms with Crippen molar-refractivity contribution in [1.82, 2.24) is 10.3 Å². The second kappa shape index (κ2) is 7.39. The Bertz CT molecular complexity index is 580. The van der Waals surface area contributed by atoms with Gasteiger partial charge in [0.2, 0.25) is 0 Å². The molecule has 0 aliphatic heterocycles. The average Bonchev–Trinajstić information content (AvgIpc) is 2.50. The maximum atomic E-state index is 12.3. The van der Waals surface area contributed by atoms with Crippen molar-refractivity contribution in [3.05, 3.63) is 42.2 Å². The molecule has 0 aliphatic carbocycles. The average molecular weight is 335 g/mol. The quantitative estimate of drug-likeness (QED) is 0.817. The second-order valence-corrected chi connectivity index (χ2v) is 5.64. The van der Waals surface area contributed by atoms with Gasteiger partial charge in [0.25, 0.3) is 5.91 Å². The first kappa shape index (κ1) is 15.0. The minimum absolute atomic E-state index is 0.0881. The van der Waals surface area contributed by atoms with Crippen LogP contribution in [0.2, 0.25) is 0 Å². The van der Waals surface area contributed by atoms with Gasteiger partial charge in [0.1, 0.15) is 5.69 Å². The van der Waals surface area contributed by atoms with Crippen molar-refractivity contribution in [3.63, 3.8) is 0 Å². The number of nitrogens with zero attached hydrogens (tertiary/aromatic N) is 1. The Morgan fingerprint density at radius 2 is 2.15 bits per heavy atom. The summed E-state index contributed by atoms with van der Waals surface area (Å²) in [6.45, 7) is 2.85. The number of pyridine rings is 1. The highest BCUT2D eigenvalue weighted by Crippen LogP contribution is 2.16. The van der Waals surface area contributed by atoms with Crippen LogP contribution < -0.4 is 5.32 Å². The number of benzene rings is 1. The Labute approximate surface area is 127 Å². The van der Waals surface area contributed by atoms with E-state index in [0.717, 1.165) is 28.9 Å². The Morgan fingerprint density at radius 3 is 2.90 bits per heavy atom. The number of hydrogen-bond donors (Lipinski definition) is 1. The van der Waals surface area contributed by atoms with Crippen LogP contribution in [0.3, 0.4) is 0 Å². The number of carbonyl (C=O) groups is 1. The van der Waals surface area contributed by atoms with E-state index in [2.05, 4.69) is 33.2 Å². The van der Waals surface area contributed by atoms with E-state index in [9.17, 15) is 4.79 Å². The highest BCUT2D eigenvalue weighted by molar-refractivity contribution is 9.09. The van der Waals surface area contributed by atoms with Crippen LogP contribution in [-0.4, -0.2) is 22.8 Å². The minimum Gasteiger partial charge on any atom is -0.350 e.